The quantitative estimate of drug-likeness (QED) is 0.0145. The Labute approximate surface area is 509 Å². The molecular formula is C56H108MoO8S8. The van der Waals surface area contributed by atoms with Crippen molar-refractivity contribution in [1.29, 1.82) is 0 Å². The Hall–Kier alpha value is 0.968. The minimum absolute atomic E-state index is 0. The zero-order valence-corrected chi connectivity index (χ0v) is 55.4. The van der Waals surface area contributed by atoms with Gasteiger partial charge >= 0.3 is 21.1 Å². The summed E-state index contributed by atoms with van der Waals surface area (Å²) in [7, 11) is 0. The molecule has 0 amide bonds. The molecule has 0 rings (SSSR count). The maximum atomic E-state index is 4.83. The molecule has 0 N–H and O–H groups in total. The van der Waals surface area contributed by atoms with Crippen LogP contribution in [0.5, 0.6) is 0 Å². The third kappa shape index (κ3) is 98.9. The minimum Gasteiger partial charge on any atom is -0.387 e. The van der Waals surface area contributed by atoms with Crippen LogP contribution in [0.2, 0.25) is 0 Å². The first-order valence-corrected chi connectivity index (χ1v) is 32.4. The van der Waals surface area contributed by atoms with Crippen molar-refractivity contribution in [1.82, 2.24) is 0 Å². The molecule has 0 aromatic heterocycles. The molecule has 0 saturated heterocycles. The third-order valence-corrected chi connectivity index (χ3v) is 12.4. The second-order valence-electron chi connectivity index (χ2n) is 18.8. The van der Waals surface area contributed by atoms with Crippen LogP contribution in [0.4, 0.5) is 0 Å². The summed E-state index contributed by atoms with van der Waals surface area (Å²) in [6.07, 6.45) is 58.4. The molecule has 0 fully saturated rings. The molecule has 0 saturated carbocycles. The molecule has 0 aromatic carbocycles. The van der Waals surface area contributed by atoms with Crippen LogP contribution in [0, 0.1) is 0 Å². The van der Waals surface area contributed by atoms with Crippen LogP contribution in [-0.2, 0) is 111 Å². The fraction of sp³-hybridized carbons (Fsp3) is 0.929. The van der Waals surface area contributed by atoms with E-state index in [9.17, 15) is 0 Å². The standard InChI is InChI=1S/4C14H28O2S2.Mo/c4*1-2-3-4-5-6-7-8-9-10-11-12-13-15-16-14(17)18;/h4*2-13H2,1H3,(H,17,18);/q;;;;+4/p-4. The van der Waals surface area contributed by atoms with Crippen molar-refractivity contribution in [2.75, 3.05) is 26.4 Å². The van der Waals surface area contributed by atoms with Gasteiger partial charge in [0.1, 0.15) is 0 Å². The monoisotopic (exact) mass is 1260 g/mol. The summed E-state index contributed by atoms with van der Waals surface area (Å²) in [5.41, 5.74) is 0. The molecule has 73 heavy (non-hydrogen) atoms. The van der Waals surface area contributed by atoms with E-state index < -0.39 is 0 Å². The van der Waals surface area contributed by atoms with E-state index >= 15 is 0 Å². The Morgan fingerprint density at radius 3 is 0.438 bits per heavy atom. The molecule has 0 aliphatic heterocycles. The van der Waals surface area contributed by atoms with Gasteiger partial charge in [0.15, 0.2) is 0 Å². The van der Waals surface area contributed by atoms with Crippen LogP contribution in [-0.4, -0.2) is 44.0 Å². The van der Waals surface area contributed by atoms with Crippen LogP contribution in [0.15, 0.2) is 0 Å². The maximum absolute atomic E-state index is 4.83. The van der Waals surface area contributed by atoms with Gasteiger partial charge in [0, 0.05) is 0 Å². The van der Waals surface area contributed by atoms with E-state index in [2.05, 4.69) is 147 Å². The van der Waals surface area contributed by atoms with Crippen molar-refractivity contribution in [2.24, 2.45) is 0 Å². The molecular weight excluding hydrogens is 1150 g/mol. The molecule has 0 bridgehead atoms. The van der Waals surface area contributed by atoms with E-state index in [1.54, 1.807) is 0 Å². The molecule has 0 aliphatic carbocycles. The van der Waals surface area contributed by atoms with Crippen molar-refractivity contribution >= 4 is 117 Å². The Balaban J connectivity index is -0.000000280. The van der Waals surface area contributed by atoms with Crippen molar-refractivity contribution < 1.29 is 60.2 Å². The van der Waals surface area contributed by atoms with E-state index in [4.69, 9.17) is 19.6 Å². The second kappa shape index (κ2) is 79.5. The van der Waals surface area contributed by atoms with Crippen molar-refractivity contribution in [3.05, 3.63) is 0 Å². The number of unbranched alkanes of at least 4 members (excludes halogenated alkanes) is 40. The SMILES string of the molecule is CCCCCCCCCCCCCOOC(=S)[S-].CCCCCCCCCCCCCOOC(=S)[S-].CCCCCCCCCCCCCOOC(=S)[S-].CCCCCCCCCCCCCOOC(=S)[S-].[Mo+4]. The van der Waals surface area contributed by atoms with E-state index in [0.717, 1.165) is 25.7 Å². The third-order valence-electron chi connectivity index (χ3n) is 11.8. The second-order valence-corrected chi connectivity index (χ2v) is 22.8. The first-order valence-electron chi connectivity index (χ1n) is 29.1. The first-order chi connectivity index (χ1) is 35.1. The normalized spacial score (nSPS) is 10.4. The summed E-state index contributed by atoms with van der Waals surface area (Å²) in [6.45, 7) is 11.4. The molecule has 434 valence electrons. The summed E-state index contributed by atoms with van der Waals surface area (Å²) >= 11 is 36.4. The van der Waals surface area contributed by atoms with E-state index in [1.807, 2.05) is 0 Å². The Bertz CT molecular complexity index is 914. The van der Waals surface area contributed by atoms with Gasteiger partial charge in [-0.3, -0.25) is 0 Å². The summed E-state index contributed by atoms with van der Waals surface area (Å²) in [4.78, 5) is 37.6. The minimum atomic E-state index is 0. The van der Waals surface area contributed by atoms with Gasteiger partial charge in [0.05, 0.1) is 44.0 Å². The topological polar surface area (TPSA) is 73.8 Å². The Morgan fingerprint density at radius 1 is 0.219 bits per heavy atom. The fourth-order valence-electron chi connectivity index (χ4n) is 7.66. The van der Waals surface area contributed by atoms with Crippen LogP contribution in [0.3, 0.4) is 0 Å². The van der Waals surface area contributed by atoms with Gasteiger partial charge in [-0.05, 0) is 25.7 Å². The predicted octanol–water partition coefficient (Wildman–Crippen LogP) is 20.3. The average Bonchev–Trinajstić information content (AvgIpc) is 3.35. The molecule has 0 aromatic rings. The van der Waals surface area contributed by atoms with Gasteiger partial charge in [-0.1, -0.05) is 285 Å². The summed E-state index contributed by atoms with van der Waals surface area (Å²) in [5.74, 6) is 0. The Kier molecular flexibility index (Phi) is 90.1. The molecule has 17 heteroatoms. The van der Waals surface area contributed by atoms with Gasteiger partial charge in [-0.15, -0.1) is 0 Å². The van der Waals surface area contributed by atoms with Crippen LogP contribution in [0.1, 0.15) is 310 Å². The summed E-state index contributed by atoms with van der Waals surface area (Å²) < 4.78 is 0.160. The van der Waals surface area contributed by atoms with Crippen LogP contribution < -0.4 is 0 Å². The molecule has 0 spiro atoms. The molecule has 0 unspecified atom stereocenters. The molecule has 0 radical (unpaired) electrons. The van der Waals surface area contributed by atoms with Crippen molar-refractivity contribution in [3.8, 4) is 0 Å². The van der Waals surface area contributed by atoms with E-state index in [-0.39, 0.29) is 38.6 Å². The van der Waals surface area contributed by atoms with Crippen molar-refractivity contribution in [3.63, 3.8) is 0 Å². The number of hydrogen-bond acceptors (Lipinski definition) is 16. The van der Waals surface area contributed by atoms with Gasteiger partial charge < -0.3 is 119 Å². The zero-order valence-electron chi connectivity index (χ0n) is 46.9. The van der Waals surface area contributed by atoms with Crippen LogP contribution >= 0.6 is 48.9 Å². The smallest absolute Gasteiger partial charge is 0.387 e. The summed E-state index contributed by atoms with van der Waals surface area (Å²) in [6, 6.07) is 0. The predicted molar refractivity (Wildman–Crippen MR) is 334 cm³/mol. The van der Waals surface area contributed by atoms with Crippen LogP contribution in [0.25, 0.3) is 0 Å². The summed E-state index contributed by atoms with van der Waals surface area (Å²) in [5, 5.41) is 0. The molecule has 8 nitrogen and oxygen atoms in total. The number of rotatable bonds is 52. The van der Waals surface area contributed by atoms with E-state index in [0.29, 0.717) is 26.4 Å². The zero-order chi connectivity index (χ0) is 53.9. The number of hydrogen-bond donors (Lipinski definition) is 0. The fourth-order valence-corrected chi connectivity index (χ4v) is 8.04. The average molecular weight is 1260 g/mol. The van der Waals surface area contributed by atoms with Gasteiger partial charge in [-0.2, -0.15) is 19.6 Å². The number of thiocarbonyl (C=S) groups is 4. The first kappa shape index (κ1) is 82.8. The van der Waals surface area contributed by atoms with Gasteiger partial charge in [-0.25, -0.2) is 0 Å². The largest absolute Gasteiger partial charge is 4.00 e. The van der Waals surface area contributed by atoms with Gasteiger partial charge in [0.2, 0.25) is 0 Å². The van der Waals surface area contributed by atoms with E-state index in [1.165, 1.54) is 257 Å². The Morgan fingerprint density at radius 2 is 0.329 bits per heavy atom. The molecule has 0 aliphatic rings. The molecule has 0 atom stereocenters. The maximum Gasteiger partial charge on any atom is 4.00 e. The van der Waals surface area contributed by atoms with Gasteiger partial charge in [0.25, 0.3) is 0 Å². The molecule has 0 heterocycles. The van der Waals surface area contributed by atoms with Crippen molar-refractivity contribution in [2.45, 2.75) is 310 Å².